The highest BCUT2D eigenvalue weighted by molar-refractivity contribution is 5.90. The van der Waals surface area contributed by atoms with Crippen LogP contribution >= 0.6 is 0 Å². The lowest BCUT2D eigenvalue weighted by Crippen LogP contribution is -2.62. The Kier molecular flexibility index (Phi) is 11.9. The first-order valence-corrected chi connectivity index (χ1v) is 16.2. The van der Waals surface area contributed by atoms with Gasteiger partial charge in [0.1, 0.15) is 12.2 Å². The molecule has 250 valence electrons. The van der Waals surface area contributed by atoms with Gasteiger partial charge in [-0.1, -0.05) is 127 Å². The van der Waals surface area contributed by atoms with Crippen LogP contribution in [0.2, 0.25) is 0 Å². The van der Waals surface area contributed by atoms with Crippen molar-refractivity contribution in [2.45, 2.75) is 50.5 Å². The second-order valence-corrected chi connectivity index (χ2v) is 11.6. The van der Waals surface area contributed by atoms with Gasteiger partial charge < -0.3 is 28.4 Å². The minimum absolute atomic E-state index is 0.0115. The zero-order chi connectivity index (χ0) is 33.7. The van der Waals surface area contributed by atoms with E-state index in [9.17, 15) is 9.59 Å². The van der Waals surface area contributed by atoms with Crippen molar-refractivity contribution in [3.63, 3.8) is 0 Å². The number of carbonyl (C=O) groups is 2. The van der Waals surface area contributed by atoms with Crippen LogP contribution in [0, 0.1) is 0 Å². The van der Waals surface area contributed by atoms with E-state index >= 15 is 0 Å². The van der Waals surface area contributed by atoms with Gasteiger partial charge in [-0.3, -0.25) is 0 Å². The molecular weight excluding hydrogens is 620 g/mol. The normalized spacial score (nSPS) is 20.3. The van der Waals surface area contributed by atoms with Crippen LogP contribution in [0.25, 0.3) is 0 Å². The topological polar surface area (TPSA) is 89.5 Å². The molecule has 0 bridgehead atoms. The average molecular weight is 659 g/mol. The van der Waals surface area contributed by atoms with Gasteiger partial charge in [0.05, 0.1) is 37.6 Å². The minimum atomic E-state index is -1.23. The highest BCUT2D eigenvalue weighted by Gasteiger charge is 2.51. The van der Waals surface area contributed by atoms with Crippen molar-refractivity contribution >= 4 is 11.9 Å². The molecule has 5 aromatic carbocycles. The molecule has 0 amide bonds. The van der Waals surface area contributed by atoms with Gasteiger partial charge in [0.25, 0.3) is 0 Å². The van der Waals surface area contributed by atoms with Gasteiger partial charge in [0, 0.05) is 0 Å². The Bertz CT molecular complexity index is 1720. The molecule has 0 aliphatic carbocycles. The van der Waals surface area contributed by atoms with Crippen molar-refractivity contribution in [1.29, 1.82) is 0 Å². The summed E-state index contributed by atoms with van der Waals surface area (Å²) in [6.07, 6.45) is -5.03. The van der Waals surface area contributed by atoms with E-state index in [1.807, 2.05) is 103 Å². The first-order chi connectivity index (χ1) is 24.1. The molecule has 0 aromatic heterocycles. The van der Waals surface area contributed by atoms with Crippen LogP contribution in [0.1, 0.15) is 37.4 Å². The summed E-state index contributed by atoms with van der Waals surface area (Å²) in [7, 11) is 0. The highest BCUT2D eigenvalue weighted by Crippen LogP contribution is 2.32. The molecular formula is C41H38O8. The van der Waals surface area contributed by atoms with Gasteiger partial charge in [0.2, 0.25) is 6.29 Å². The Morgan fingerprint density at radius 2 is 0.878 bits per heavy atom. The lowest BCUT2D eigenvalue weighted by Gasteiger charge is -2.45. The summed E-state index contributed by atoms with van der Waals surface area (Å²) in [5.74, 6) is -1.15. The van der Waals surface area contributed by atoms with E-state index < -0.39 is 42.6 Å². The van der Waals surface area contributed by atoms with E-state index in [1.54, 1.807) is 48.5 Å². The molecule has 5 atom stereocenters. The fourth-order valence-electron chi connectivity index (χ4n) is 5.53. The van der Waals surface area contributed by atoms with E-state index in [4.69, 9.17) is 28.4 Å². The van der Waals surface area contributed by atoms with E-state index in [1.165, 1.54) is 0 Å². The molecule has 49 heavy (non-hydrogen) atoms. The van der Waals surface area contributed by atoms with Gasteiger partial charge in [-0.2, -0.15) is 0 Å². The Balaban J connectivity index is 1.34. The lowest BCUT2D eigenvalue weighted by molar-refractivity contribution is -0.307. The Morgan fingerprint density at radius 1 is 0.469 bits per heavy atom. The second kappa shape index (κ2) is 17.3. The molecule has 6 rings (SSSR count). The fraction of sp³-hybridized carbons (Fsp3) is 0.220. The lowest BCUT2D eigenvalue weighted by atomic mass is 9.97. The second-order valence-electron chi connectivity index (χ2n) is 11.6. The van der Waals surface area contributed by atoms with Crippen LogP contribution in [-0.2, 0) is 48.2 Å². The van der Waals surface area contributed by atoms with Crippen LogP contribution in [0.15, 0.2) is 152 Å². The van der Waals surface area contributed by atoms with E-state index in [0.29, 0.717) is 11.1 Å². The molecule has 0 unspecified atom stereocenters. The van der Waals surface area contributed by atoms with Crippen molar-refractivity contribution in [2.75, 3.05) is 6.61 Å². The van der Waals surface area contributed by atoms with Crippen molar-refractivity contribution in [1.82, 2.24) is 0 Å². The van der Waals surface area contributed by atoms with Gasteiger partial charge >= 0.3 is 11.9 Å². The number of benzene rings is 5. The van der Waals surface area contributed by atoms with Crippen LogP contribution in [0.3, 0.4) is 0 Å². The maximum Gasteiger partial charge on any atom is 0.340 e. The number of rotatable bonds is 14. The van der Waals surface area contributed by atoms with E-state index in [-0.39, 0.29) is 26.4 Å². The molecule has 1 fully saturated rings. The van der Waals surface area contributed by atoms with Gasteiger partial charge in [-0.15, -0.1) is 0 Å². The predicted molar refractivity (Wildman–Crippen MR) is 182 cm³/mol. The third-order valence-electron chi connectivity index (χ3n) is 8.04. The number of esters is 2. The summed E-state index contributed by atoms with van der Waals surface area (Å²) >= 11 is 0. The number of hydrogen-bond donors (Lipinski definition) is 0. The summed E-state index contributed by atoms with van der Waals surface area (Å²) in [5, 5.41) is 0. The summed E-state index contributed by atoms with van der Waals surface area (Å²) in [6.45, 7) is 0.636. The predicted octanol–water partition coefficient (Wildman–Crippen LogP) is 7.18. The Morgan fingerprint density at radius 3 is 1.37 bits per heavy atom. The summed E-state index contributed by atoms with van der Waals surface area (Å²) in [4.78, 5) is 27.1. The minimum Gasteiger partial charge on any atom is -0.453 e. The maximum absolute atomic E-state index is 13.6. The SMILES string of the molecule is O=C(O[C@@H]1O[C@H](COCc2ccccc2)[C@@H](OC(=O)c2ccccc2)[C@H](OCc2ccccc2)[C@H]1OCc1ccccc1)c1ccccc1. The molecule has 1 saturated heterocycles. The van der Waals surface area contributed by atoms with E-state index in [2.05, 4.69) is 0 Å². The zero-order valence-corrected chi connectivity index (χ0v) is 26.9. The van der Waals surface area contributed by atoms with Crippen molar-refractivity contribution in [2.24, 2.45) is 0 Å². The van der Waals surface area contributed by atoms with E-state index in [0.717, 1.165) is 16.7 Å². The Labute approximate surface area is 286 Å². The number of carbonyl (C=O) groups excluding carboxylic acids is 2. The molecule has 5 aromatic rings. The van der Waals surface area contributed by atoms with Gasteiger partial charge in [-0.05, 0) is 41.0 Å². The quantitative estimate of drug-likeness (QED) is 0.116. The van der Waals surface area contributed by atoms with Gasteiger partial charge in [0.15, 0.2) is 12.2 Å². The molecule has 8 heteroatoms. The molecule has 0 saturated carbocycles. The molecule has 0 N–H and O–H groups in total. The maximum atomic E-state index is 13.6. The summed E-state index contributed by atoms with van der Waals surface area (Å²) in [5.41, 5.74) is 3.48. The third-order valence-corrected chi connectivity index (χ3v) is 8.04. The summed E-state index contributed by atoms with van der Waals surface area (Å²) < 4.78 is 38.0. The average Bonchev–Trinajstić information content (AvgIpc) is 3.16. The molecule has 0 spiro atoms. The van der Waals surface area contributed by atoms with Crippen molar-refractivity contribution < 1.29 is 38.0 Å². The molecule has 1 aliphatic heterocycles. The molecule has 0 radical (unpaired) electrons. The largest absolute Gasteiger partial charge is 0.453 e. The van der Waals surface area contributed by atoms with Crippen molar-refractivity contribution in [3.8, 4) is 0 Å². The first-order valence-electron chi connectivity index (χ1n) is 16.2. The van der Waals surface area contributed by atoms with Crippen molar-refractivity contribution in [3.05, 3.63) is 179 Å². The van der Waals surface area contributed by atoms with Crippen LogP contribution < -0.4 is 0 Å². The Hall–Kier alpha value is -5.12. The molecule has 1 heterocycles. The number of ether oxygens (including phenoxy) is 6. The fourth-order valence-corrected chi connectivity index (χ4v) is 5.53. The number of hydrogen-bond acceptors (Lipinski definition) is 8. The summed E-state index contributed by atoms with van der Waals surface area (Å²) in [6, 6.07) is 46.4. The standard InChI is InChI=1S/C41H38O8/c42-39(33-22-12-4-13-23-33)48-36-35(29-44-26-30-16-6-1-7-17-30)47-41(49-40(43)34-24-14-5-15-25-34)38(46-28-32-20-10-3-11-21-32)37(36)45-27-31-18-8-2-9-19-31/h1-25,35-38,41H,26-29H2/t35-,36-,37+,38-,41+/m1/s1. The van der Waals surface area contributed by atoms with Crippen LogP contribution in [0.4, 0.5) is 0 Å². The third kappa shape index (κ3) is 9.49. The first kappa shape index (κ1) is 33.8. The monoisotopic (exact) mass is 658 g/mol. The molecule has 8 nitrogen and oxygen atoms in total. The zero-order valence-electron chi connectivity index (χ0n) is 26.9. The van der Waals surface area contributed by atoms with Crippen LogP contribution in [0.5, 0.6) is 0 Å². The highest BCUT2D eigenvalue weighted by atomic mass is 16.7. The molecule has 1 aliphatic rings. The van der Waals surface area contributed by atoms with Crippen LogP contribution in [-0.4, -0.2) is 49.3 Å². The smallest absolute Gasteiger partial charge is 0.340 e. The van der Waals surface area contributed by atoms with Gasteiger partial charge in [-0.25, -0.2) is 9.59 Å².